The zero-order valence-corrected chi connectivity index (χ0v) is 10.3. The zero-order chi connectivity index (χ0) is 12.1. The summed E-state index contributed by atoms with van der Waals surface area (Å²) in [7, 11) is 1.82. The number of hydrogen-bond acceptors (Lipinski definition) is 5. The molecule has 5 heteroatoms. The third kappa shape index (κ3) is 2.82. The van der Waals surface area contributed by atoms with Gasteiger partial charge < -0.3 is 15.7 Å². The van der Waals surface area contributed by atoms with E-state index in [2.05, 4.69) is 34.4 Å². The fourth-order valence-corrected chi connectivity index (χ4v) is 1.45. The van der Waals surface area contributed by atoms with E-state index >= 15 is 0 Å². The van der Waals surface area contributed by atoms with Crippen molar-refractivity contribution < 1.29 is 5.11 Å². The van der Waals surface area contributed by atoms with E-state index in [1.165, 1.54) is 6.33 Å². The van der Waals surface area contributed by atoms with E-state index < -0.39 is 0 Å². The number of hydrogen-bond donors (Lipinski definition) is 3. The van der Waals surface area contributed by atoms with E-state index in [9.17, 15) is 5.11 Å². The normalized spacial score (nSPS) is 12.6. The third-order valence-corrected chi connectivity index (χ3v) is 2.64. The molecule has 1 heterocycles. The van der Waals surface area contributed by atoms with Crippen LogP contribution in [0.25, 0.3) is 0 Å². The minimum absolute atomic E-state index is 0.0123. The van der Waals surface area contributed by atoms with Crippen molar-refractivity contribution in [2.45, 2.75) is 26.8 Å². The molecule has 1 aromatic rings. The summed E-state index contributed by atoms with van der Waals surface area (Å²) in [5.41, 5.74) is 0.962. The number of nitrogens with one attached hydrogen (secondary N) is 2. The smallest absolute Gasteiger partial charge is 0.134 e. The fourth-order valence-electron chi connectivity index (χ4n) is 1.45. The summed E-state index contributed by atoms with van der Waals surface area (Å²) >= 11 is 0. The molecule has 1 unspecified atom stereocenters. The van der Waals surface area contributed by atoms with Gasteiger partial charge in [0, 0.05) is 12.6 Å². The Kier molecular flexibility index (Phi) is 4.49. The van der Waals surface area contributed by atoms with Gasteiger partial charge in [-0.15, -0.1) is 0 Å². The van der Waals surface area contributed by atoms with Gasteiger partial charge in [0.1, 0.15) is 18.0 Å². The molecule has 0 saturated carbocycles. The summed E-state index contributed by atoms with van der Waals surface area (Å²) < 4.78 is 0. The van der Waals surface area contributed by atoms with Crippen LogP contribution >= 0.6 is 0 Å². The van der Waals surface area contributed by atoms with E-state index in [1.807, 2.05) is 14.0 Å². The summed E-state index contributed by atoms with van der Waals surface area (Å²) in [4.78, 5) is 8.29. The molecule has 1 rings (SSSR count). The first-order valence-electron chi connectivity index (χ1n) is 5.46. The summed E-state index contributed by atoms with van der Waals surface area (Å²) in [5.74, 6) is 1.92. The molecule has 0 aliphatic carbocycles. The van der Waals surface area contributed by atoms with Crippen molar-refractivity contribution >= 4 is 11.6 Å². The molecule has 0 bridgehead atoms. The Morgan fingerprint density at radius 1 is 1.31 bits per heavy atom. The maximum Gasteiger partial charge on any atom is 0.134 e. The van der Waals surface area contributed by atoms with Gasteiger partial charge in [-0.3, -0.25) is 0 Å². The summed E-state index contributed by atoms with van der Waals surface area (Å²) in [5, 5.41) is 15.5. The first-order valence-corrected chi connectivity index (χ1v) is 5.46. The van der Waals surface area contributed by atoms with Gasteiger partial charge in [0.05, 0.1) is 12.6 Å². The zero-order valence-electron chi connectivity index (χ0n) is 10.3. The minimum atomic E-state index is 0.0123. The maximum absolute atomic E-state index is 9.25. The summed E-state index contributed by atoms with van der Waals surface area (Å²) in [6, 6.07) is 0.0123. The molecule has 0 aromatic carbocycles. The predicted octanol–water partition coefficient (Wildman–Crippen LogP) is 1.26. The Labute approximate surface area is 96.3 Å². The lowest BCUT2D eigenvalue weighted by molar-refractivity contribution is 0.249. The Hall–Kier alpha value is -1.36. The van der Waals surface area contributed by atoms with Crippen LogP contribution in [-0.2, 0) is 0 Å². The van der Waals surface area contributed by atoms with Crippen LogP contribution in [0.15, 0.2) is 6.33 Å². The number of aliphatic hydroxyl groups excluding tert-OH is 1. The van der Waals surface area contributed by atoms with E-state index in [0.29, 0.717) is 5.92 Å². The van der Waals surface area contributed by atoms with E-state index in [0.717, 1.165) is 17.2 Å². The Morgan fingerprint density at radius 3 is 2.44 bits per heavy atom. The van der Waals surface area contributed by atoms with Gasteiger partial charge in [0.15, 0.2) is 0 Å². The summed E-state index contributed by atoms with van der Waals surface area (Å²) in [6.45, 7) is 6.16. The predicted molar refractivity (Wildman–Crippen MR) is 65.7 cm³/mol. The average molecular weight is 224 g/mol. The van der Waals surface area contributed by atoms with Gasteiger partial charge >= 0.3 is 0 Å². The molecule has 0 spiro atoms. The molecule has 1 aromatic heterocycles. The lowest BCUT2D eigenvalue weighted by Gasteiger charge is -2.21. The van der Waals surface area contributed by atoms with Crippen molar-refractivity contribution in [1.29, 1.82) is 0 Å². The highest BCUT2D eigenvalue weighted by atomic mass is 16.3. The summed E-state index contributed by atoms with van der Waals surface area (Å²) in [6.07, 6.45) is 1.51. The molecular weight excluding hydrogens is 204 g/mol. The highest BCUT2D eigenvalue weighted by molar-refractivity contribution is 5.56. The second-order valence-electron chi connectivity index (χ2n) is 4.12. The molecule has 90 valence electrons. The SMILES string of the molecule is CNc1ncnc(NC(CO)C(C)C)c1C. The Bertz CT molecular complexity index is 341. The number of aromatic nitrogens is 2. The van der Waals surface area contributed by atoms with Crippen molar-refractivity contribution in [2.24, 2.45) is 5.92 Å². The molecule has 0 aliphatic rings. The van der Waals surface area contributed by atoms with Gasteiger partial charge in [0.25, 0.3) is 0 Å². The van der Waals surface area contributed by atoms with Crippen molar-refractivity contribution in [3.63, 3.8) is 0 Å². The average Bonchev–Trinajstić information content (AvgIpc) is 2.27. The second kappa shape index (κ2) is 5.65. The number of aliphatic hydroxyl groups is 1. The molecule has 3 N–H and O–H groups in total. The Morgan fingerprint density at radius 2 is 1.94 bits per heavy atom. The van der Waals surface area contributed by atoms with Crippen LogP contribution in [0, 0.1) is 12.8 Å². The van der Waals surface area contributed by atoms with Crippen molar-refractivity contribution in [2.75, 3.05) is 24.3 Å². The van der Waals surface area contributed by atoms with E-state index in [1.54, 1.807) is 0 Å². The molecule has 5 nitrogen and oxygen atoms in total. The topological polar surface area (TPSA) is 70.1 Å². The molecule has 0 aliphatic heterocycles. The van der Waals surface area contributed by atoms with Gasteiger partial charge in [-0.05, 0) is 12.8 Å². The molecule has 0 amide bonds. The molecule has 0 saturated heterocycles. The lowest BCUT2D eigenvalue weighted by atomic mass is 10.1. The second-order valence-corrected chi connectivity index (χ2v) is 4.12. The van der Waals surface area contributed by atoms with Gasteiger partial charge in [0.2, 0.25) is 0 Å². The highest BCUT2D eigenvalue weighted by Gasteiger charge is 2.14. The van der Waals surface area contributed by atoms with Crippen LogP contribution in [0.5, 0.6) is 0 Å². The van der Waals surface area contributed by atoms with E-state index in [4.69, 9.17) is 0 Å². The van der Waals surface area contributed by atoms with Crippen LogP contribution in [0.4, 0.5) is 11.6 Å². The molecule has 1 atom stereocenters. The number of anilines is 2. The quantitative estimate of drug-likeness (QED) is 0.702. The van der Waals surface area contributed by atoms with Crippen LogP contribution in [0.3, 0.4) is 0 Å². The molecule has 0 fully saturated rings. The number of nitrogens with zero attached hydrogens (tertiary/aromatic N) is 2. The van der Waals surface area contributed by atoms with Crippen LogP contribution < -0.4 is 10.6 Å². The van der Waals surface area contributed by atoms with Crippen LogP contribution in [0.2, 0.25) is 0 Å². The maximum atomic E-state index is 9.25. The third-order valence-electron chi connectivity index (χ3n) is 2.64. The standard InChI is InChI=1S/C11H20N4O/c1-7(2)9(5-16)15-11-8(3)10(12-4)13-6-14-11/h6-7,9,16H,5H2,1-4H3,(H2,12,13,14,15). The van der Waals surface area contributed by atoms with Gasteiger partial charge in [-0.2, -0.15) is 0 Å². The minimum Gasteiger partial charge on any atom is -0.394 e. The largest absolute Gasteiger partial charge is 0.394 e. The molecule has 16 heavy (non-hydrogen) atoms. The first-order chi connectivity index (χ1) is 7.60. The van der Waals surface area contributed by atoms with Crippen molar-refractivity contribution in [3.05, 3.63) is 11.9 Å². The highest BCUT2D eigenvalue weighted by Crippen LogP contribution is 2.19. The first kappa shape index (κ1) is 12.7. The van der Waals surface area contributed by atoms with E-state index in [-0.39, 0.29) is 12.6 Å². The monoisotopic (exact) mass is 224 g/mol. The molecule has 0 radical (unpaired) electrons. The lowest BCUT2D eigenvalue weighted by Crippen LogP contribution is -2.30. The molecular formula is C11H20N4O. The van der Waals surface area contributed by atoms with Gasteiger partial charge in [-0.25, -0.2) is 9.97 Å². The fraction of sp³-hybridized carbons (Fsp3) is 0.636. The van der Waals surface area contributed by atoms with Crippen molar-refractivity contribution in [3.8, 4) is 0 Å². The van der Waals surface area contributed by atoms with Crippen molar-refractivity contribution in [1.82, 2.24) is 9.97 Å². The van der Waals surface area contributed by atoms with Gasteiger partial charge in [-0.1, -0.05) is 13.8 Å². The Balaban J connectivity index is 2.88. The number of rotatable bonds is 5. The van der Waals surface area contributed by atoms with Crippen LogP contribution in [-0.4, -0.2) is 34.8 Å². The van der Waals surface area contributed by atoms with Crippen LogP contribution in [0.1, 0.15) is 19.4 Å².